The van der Waals surface area contributed by atoms with E-state index < -0.39 is 0 Å². The van der Waals surface area contributed by atoms with Gasteiger partial charge in [0.05, 0.1) is 30.0 Å². The first kappa shape index (κ1) is 24.0. The maximum atomic E-state index is 9.66. The number of hydrogen-bond acceptors (Lipinski definition) is 6. The summed E-state index contributed by atoms with van der Waals surface area (Å²) >= 11 is 0. The molecule has 0 aliphatic heterocycles. The molecule has 6 nitrogen and oxygen atoms in total. The smallest absolute Gasteiger partial charge is 0.109 e. The Morgan fingerprint density at radius 2 is 1.75 bits per heavy atom. The van der Waals surface area contributed by atoms with E-state index in [0.29, 0.717) is 24.9 Å². The van der Waals surface area contributed by atoms with Crippen LogP contribution in [-0.2, 0) is 14.2 Å². The fourth-order valence-corrected chi connectivity index (χ4v) is 4.03. The second kappa shape index (κ2) is 12.5. The number of rotatable bonds is 13. The minimum absolute atomic E-state index is 0.138. The SMILES string of the molecule is CCC(C)OCC1CCC(OCNNCC(C)(CC)OC2CCC(O)CC2)C1. The molecule has 6 heteroatoms. The summed E-state index contributed by atoms with van der Waals surface area (Å²) in [6.07, 6.45) is 9.89. The average molecular weight is 401 g/mol. The molecule has 28 heavy (non-hydrogen) atoms. The second-order valence-electron chi connectivity index (χ2n) is 9.05. The number of hydrogen-bond donors (Lipinski definition) is 3. The van der Waals surface area contributed by atoms with Crippen LogP contribution < -0.4 is 10.9 Å². The molecule has 2 fully saturated rings. The highest BCUT2D eigenvalue weighted by Crippen LogP contribution is 2.28. The van der Waals surface area contributed by atoms with Crippen molar-refractivity contribution in [3.05, 3.63) is 0 Å². The van der Waals surface area contributed by atoms with Gasteiger partial charge in [0.1, 0.15) is 6.73 Å². The summed E-state index contributed by atoms with van der Waals surface area (Å²) in [6, 6.07) is 0. The van der Waals surface area contributed by atoms with E-state index in [9.17, 15) is 5.11 Å². The van der Waals surface area contributed by atoms with Crippen LogP contribution in [0.5, 0.6) is 0 Å². The highest BCUT2D eigenvalue weighted by molar-refractivity contribution is 4.81. The number of aliphatic hydroxyl groups excluding tert-OH is 1. The normalized spacial score (nSPS) is 31.6. The van der Waals surface area contributed by atoms with Gasteiger partial charge in [-0.25, -0.2) is 5.43 Å². The Kier molecular flexibility index (Phi) is 10.7. The summed E-state index contributed by atoms with van der Waals surface area (Å²) in [5.41, 5.74) is 6.28. The van der Waals surface area contributed by atoms with E-state index in [0.717, 1.165) is 64.5 Å². The Morgan fingerprint density at radius 3 is 2.43 bits per heavy atom. The van der Waals surface area contributed by atoms with Crippen molar-refractivity contribution < 1.29 is 19.3 Å². The van der Waals surface area contributed by atoms with Gasteiger partial charge in [-0.3, -0.25) is 5.43 Å². The van der Waals surface area contributed by atoms with E-state index in [1.807, 2.05) is 0 Å². The first-order valence-corrected chi connectivity index (χ1v) is 11.5. The van der Waals surface area contributed by atoms with Crippen LogP contribution in [0.25, 0.3) is 0 Å². The summed E-state index contributed by atoms with van der Waals surface area (Å²) in [5, 5.41) is 9.66. The first-order valence-electron chi connectivity index (χ1n) is 11.5. The molecular weight excluding hydrogens is 356 g/mol. The zero-order valence-electron chi connectivity index (χ0n) is 18.5. The van der Waals surface area contributed by atoms with Crippen LogP contribution in [0.3, 0.4) is 0 Å². The van der Waals surface area contributed by atoms with Crippen LogP contribution in [-0.4, -0.2) is 55.0 Å². The lowest BCUT2D eigenvalue weighted by atomic mass is 9.93. The van der Waals surface area contributed by atoms with Crippen molar-refractivity contribution in [1.82, 2.24) is 10.9 Å². The Labute approximate surface area is 172 Å². The minimum Gasteiger partial charge on any atom is -0.393 e. The molecule has 166 valence electrons. The highest BCUT2D eigenvalue weighted by Gasteiger charge is 2.30. The van der Waals surface area contributed by atoms with Crippen LogP contribution >= 0.6 is 0 Å². The second-order valence-corrected chi connectivity index (χ2v) is 9.05. The number of hydrazine groups is 1. The van der Waals surface area contributed by atoms with Crippen LogP contribution in [0.2, 0.25) is 0 Å². The average Bonchev–Trinajstić information content (AvgIpc) is 3.15. The van der Waals surface area contributed by atoms with Crippen molar-refractivity contribution >= 4 is 0 Å². The Hall–Kier alpha value is -0.240. The molecule has 4 atom stereocenters. The zero-order valence-corrected chi connectivity index (χ0v) is 18.5. The lowest BCUT2D eigenvalue weighted by Crippen LogP contribution is -2.48. The fraction of sp³-hybridized carbons (Fsp3) is 1.00. The molecule has 0 spiro atoms. The molecule has 3 N–H and O–H groups in total. The topological polar surface area (TPSA) is 72.0 Å². The van der Waals surface area contributed by atoms with Gasteiger partial charge in [0.2, 0.25) is 0 Å². The zero-order chi connectivity index (χ0) is 20.4. The molecule has 0 radical (unpaired) electrons. The van der Waals surface area contributed by atoms with Crippen LogP contribution in [0.4, 0.5) is 0 Å². The van der Waals surface area contributed by atoms with Gasteiger partial charge in [-0.05, 0) is 77.6 Å². The molecule has 0 aromatic carbocycles. The van der Waals surface area contributed by atoms with Crippen LogP contribution in [0.1, 0.15) is 85.5 Å². The van der Waals surface area contributed by atoms with Crippen molar-refractivity contribution in [1.29, 1.82) is 0 Å². The van der Waals surface area contributed by atoms with Gasteiger partial charge in [0.25, 0.3) is 0 Å². The van der Waals surface area contributed by atoms with Gasteiger partial charge < -0.3 is 19.3 Å². The molecule has 2 aliphatic rings. The quantitative estimate of drug-likeness (QED) is 0.250. The van der Waals surface area contributed by atoms with E-state index >= 15 is 0 Å². The van der Waals surface area contributed by atoms with Crippen molar-refractivity contribution in [3.8, 4) is 0 Å². The maximum Gasteiger partial charge on any atom is 0.109 e. The van der Waals surface area contributed by atoms with Gasteiger partial charge >= 0.3 is 0 Å². The molecule has 0 heterocycles. The van der Waals surface area contributed by atoms with Crippen molar-refractivity contribution in [3.63, 3.8) is 0 Å². The van der Waals surface area contributed by atoms with Crippen LogP contribution in [0.15, 0.2) is 0 Å². The third-order valence-electron chi connectivity index (χ3n) is 6.51. The highest BCUT2D eigenvalue weighted by atomic mass is 16.5. The molecule has 2 aliphatic carbocycles. The minimum atomic E-state index is -0.203. The monoisotopic (exact) mass is 400 g/mol. The van der Waals surface area contributed by atoms with Gasteiger partial charge in [0, 0.05) is 13.2 Å². The Morgan fingerprint density at radius 1 is 1.04 bits per heavy atom. The third-order valence-corrected chi connectivity index (χ3v) is 6.51. The van der Waals surface area contributed by atoms with Crippen molar-refractivity contribution in [2.24, 2.45) is 5.92 Å². The van der Waals surface area contributed by atoms with Gasteiger partial charge in [-0.1, -0.05) is 13.8 Å². The summed E-state index contributed by atoms with van der Waals surface area (Å²) in [6.45, 7) is 10.7. The molecule has 4 unspecified atom stereocenters. The Balaban J connectivity index is 1.55. The molecule has 2 rings (SSSR count). The van der Waals surface area contributed by atoms with Gasteiger partial charge in [-0.2, -0.15) is 0 Å². The fourth-order valence-electron chi connectivity index (χ4n) is 4.03. The summed E-state index contributed by atoms with van der Waals surface area (Å²) in [5.74, 6) is 0.637. The van der Waals surface area contributed by atoms with E-state index in [-0.39, 0.29) is 17.8 Å². The van der Waals surface area contributed by atoms with Crippen LogP contribution in [0, 0.1) is 5.92 Å². The number of nitrogens with one attached hydrogen (secondary N) is 2. The van der Waals surface area contributed by atoms with Crippen molar-refractivity contribution in [2.45, 2.75) is 115 Å². The van der Waals surface area contributed by atoms with E-state index in [1.54, 1.807) is 0 Å². The molecule has 0 amide bonds. The maximum absolute atomic E-state index is 9.66. The van der Waals surface area contributed by atoms with E-state index in [2.05, 4.69) is 38.5 Å². The van der Waals surface area contributed by atoms with E-state index in [4.69, 9.17) is 14.2 Å². The standard InChI is InChI=1S/C22H44N2O4/c1-5-17(3)26-14-18-7-10-21(13-18)27-16-24-23-15-22(4,6-2)28-20-11-8-19(25)9-12-20/h17-21,23-25H,5-16H2,1-4H3. The number of aliphatic hydroxyl groups is 1. The molecule has 2 saturated carbocycles. The molecule has 0 bridgehead atoms. The van der Waals surface area contributed by atoms with E-state index in [1.165, 1.54) is 6.42 Å². The van der Waals surface area contributed by atoms with Gasteiger partial charge in [0.15, 0.2) is 0 Å². The van der Waals surface area contributed by atoms with Crippen molar-refractivity contribution in [2.75, 3.05) is 19.9 Å². The number of ether oxygens (including phenoxy) is 3. The lowest BCUT2D eigenvalue weighted by molar-refractivity contribution is -0.107. The summed E-state index contributed by atoms with van der Waals surface area (Å²) in [7, 11) is 0. The molecule has 0 aromatic rings. The summed E-state index contributed by atoms with van der Waals surface area (Å²) in [4.78, 5) is 0. The first-order chi connectivity index (χ1) is 13.4. The molecule has 0 saturated heterocycles. The predicted octanol–water partition coefficient (Wildman–Crippen LogP) is 3.53. The molecular formula is C22H44N2O4. The lowest BCUT2D eigenvalue weighted by Gasteiger charge is -2.36. The third kappa shape index (κ3) is 8.64. The van der Waals surface area contributed by atoms with Gasteiger partial charge in [-0.15, -0.1) is 0 Å². The Bertz CT molecular complexity index is 417. The summed E-state index contributed by atoms with van der Waals surface area (Å²) < 4.78 is 18.2. The largest absolute Gasteiger partial charge is 0.393 e. The predicted molar refractivity (Wildman–Crippen MR) is 112 cm³/mol. The molecule has 0 aromatic heterocycles.